The van der Waals surface area contributed by atoms with E-state index in [2.05, 4.69) is 9.97 Å². The van der Waals surface area contributed by atoms with E-state index in [1.807, 2.05) is 13.8 Å². The van der Waals surface area contributed by atoms with E-state index in [1.54, 1.807) is 12.1 Å². The van der Waals surface area contributed by atoms with Gasteiger partial charge in [0.2, 0.25) is 0 Å². The lowest BCUT2D eigenvalue weighted by Gasteiger charge is -2.09. The molecule has 0 atom stereocenters. The second kappa shape index (κ2) is 4.60. The van der Waals surface area contributed by atoms with E-state index >= 15 is 0 Å². The number of nitrogen functional groups attached to an aromatic ring is 1. The Labute approximate surface area is 104 Å². The molecule has 4 nitrogen and oxygen atoms in total. The number of aromatic amines is 1. The van der Waals surface area contributed by atoms with Crippen molar-refractivity contribution in [3.63, 3.8) is 0 Å². The zero-order valence-electron chi connectivity index (χ0n) is 10.2. The summed E-state index contributed by atoms with van der Waals surface area (Å²) in [4.78, 5) is 18.7. The highest BCUT2D eigenvalue weighted by atomic mass is 19.1. The Balaban J connectivity index is 2.55. The number of benzene rings is 1. The van der Waals surface area contributed by atoms with E-state index < -0.39 is 0 Å². The number of hydrogen-bond donors (Lipinski definition) is 2. The summed E-state index contributed by atoms with van der Waals surface area (Å²) in [7, 11) is 0. The molecule has 18 heavy (non-hydrogen) atoms. The van der Waals surface area contributed by atoms with Crippen LogP contribution in [-0.2, 0) is 0 Å². The first-order valence-corrected chi connectivity index (χ1v) is 5.64. The second-order valence-electron chi connectivity index (χ2n) is 4.38. The van der Waals surface area contributed by atoms with Crippen LogP contribution in [0.1, 0.15) is 25.3 Å². The van der Waals surface area contributed by atoms with Gasteiger partial charge in [-0.3, -0.25) is 4.79 Å². The quantitative estimate of drug-likeness (QED) is 0.855. The monoisotopic (exact) mass is 247 g/mol. The van der Waals surface area contributed by atoms with Gasteiger partial charge in [0.25, 0.3) is 5.56 Å². The number of aromatic nitrogens is 2. The van der Waals surface area contributed by atoms with E-state index in [-0.39, 0.29) is 23.1 Å². The SMILES string of the molecule is CC(C)c1c(N)nc(-c2ccc(F)cc2)[nH]c1=O. The number of halogens is 1. The molecule has 0 saturated carbocycles. The lowest BCUT2D eigenvalue weighted by atomic mass is 10.1. The molecule has 0 saturated heterocycles. The van der Waals surface area contributed by atoms with Crippen LogP contribution in [0.15, 0.2) is 29.1 Å². The van der Waals surface area contributed by atoms with Gasteiger partial charge in [0.15, 0.2) is 0 Å². The lowest BCUT2D eigenvalue weighted by molar-refractivity contribution is 0.628. The number of nitrogens with zero attached hydrogens (tertiary/aromatic N) is 1. The zero-order valence-corrected chi connectivity index (χ0v) is 10.2. The van der Waals surface area contributed by atoms with Crippen LogP contribution in [0.25, 0.3) is 11.4 Å². The van der Waals surface area contributed by atoms with Crippen molar-refractivity contribution in [1.29, 1.82) is 0 Å². The van der Waals surface area contributed by atoms with Crippen molar-refractivity contribution in [1.82, 2.24) is 9.97 Å². The fourth-order valence-electron chi connectivity index (χ4n) is 1.80. The third kappa shape index (κ3) is 2.25. The molecule has 0 aliphatic heterocycles. The minimum atomic E-state index is -0.340. The summed E-state index contributed by atoms with van der Waals surface area (Å²) < 4.78 is 12.8. The number of rotatable bonds is 2. The molecule has 1 aromatic heterocycles. The molecule has 0 amide bonds. The van der Waals surface area contributed by atoms with Crippen molar-refractivity contribution in [2.75, 3.05) is 5.73 Å². The van der Waals surface area contributed by atoms with E-state index in [1.165, 1.54) is 12.1 Å². The Morgan fingerprint density at radius 3 is 2.39 bits per heavy atom. The topological polar surface area (TPSA) is 71.8 Å². The third-order valence-electron chi connectivity index (χ3n) is 2.68. The average molecular weight is 247 g/mol. The molecule has 1 aromatic carbocycles. The summed E-state index contributed by atoms with van der Waals surface area (Å²) >= 11 is 0. The van der Waals surface area contributed by atoms with Gasteiger partial charge >= 0.3 is 0 Å². The fraction of sp³-hybridized carbons (Fsp3) is 0.231. The molecule has 2 rings (SSSR count). The molecule has 0 spiro atoms. The highest BCUT2D eigenvalue weighted by Gasteiger charge is 2.13. The number of nitrogens with one attached hydrogen (secondary N) is 1. The Hall–Kier alpha value is -2.17. The van der Waals surface area contributed by atoms with Crippen LogP contribution in [0.4, 0.5) is 10.2 Å². The first kappa shape index (κ1) is 12.3. The smallest absolute Gasteiger partial charge is 0.256 e. The molecule has 0 aliphatic rings. The predicted molar refractivity (Wildman–Crippen MR) is 68.8 cm³/mol. The van der Waals surface area contributed by atoms with Crippen LogP contribution in [0, 0.1) is 5.82 Å². The Morgan fingerprint density at radius 2 is 1.89 bits per heavy atom. The molecule has 0 aliphatic carbocycles. The van der Waals surface area contributed by atoms with Gasteiger partial charge in [-0.25, -0.2) is 9.37 Å². The Bertz CT molecular complexity index is 617. The molecule has 2 aromatic rings. The van der Waals surface area contributed by atoms with Crippen LogP contribution < -0.4 is 11.3 Å². The molecule has 5 heteroatoms. The van der Waals surface area contributed by atoms with Crippen LogP contribution in [-0.4, -0.2) is 9.97 Å². The Morgan fingerprint density at radius 1 is 1.28 bits per heavy atom. The van der Waals surface area contributed by atoms with E-state index in [9.17, 15) is 9.18 Å². The standard InChI is InChI=1S/C13H14FN3O/c1-7(2)10-11(15)16-12(17-13(10)18)8-3-5-9(14)6-4-8/h3-7H,1-2H3,(H3,15,16,17,18). The van der Waals surface area contributed by atoms with Crippen molar-refractivity contribution in [2.24, 2.45) is 0 Å². The maximum absolute atomic E-state index is 12.8. The van der Waals surface area contributed by atoms with E-state index in [0.717, 1.165) is 0 Å². The maximum atomic E-state index is 12.8. The van der Waals surface area contributed by atoms with Crippen molar-refractivity contribution < 1.29 is 4.39 Å². The third-order valence-corrected chi connectivity index (χ3v) is 2.68. The summed E-state index contributed by atoms with van der Waals surface area (Å²) in [6.07, 6.45) is 0. The summed E-state index contributed by atoms with van der Waals surface area (Å²) in [5.41, 5.74) is 6.63. The minimum absolute atomic E-state index is 0.00326. The van der Waals surface area contributed by atoms with Crippen molar-refractivity contribution >= 4 is 5.82 Å². The highest BCUT2D eigenvalue weighted by molar-refractivity contribution is 5.57. The van der Waals surface area contributed by atoms with Crippen molar-refractivity contribution in [3.05, 3.63) is 46.0 Å². The number of hydrogen-bond acceptors (Lipinski definition) is 3. The summed E-state index contributed by atoms with van der Waals surface area (Å²) in [6.45, 7) is 3.75. The van der Waals surface area contributed by atoms with Crippen LogP contribution in [0.5, 0.6) is 0 Å². The minimum Gasteiger partial charge on any atom is -0.383 e. The Kier molecular flexibility index (Phi) is 3.14. The molecule has 0 unspecified atom stereocenters. The van der Waals surface area contributed by atoms with Gasteiger partial charge in [-0.15, -0.1) is 0 Å². The number of nitrogens with two attached hydrogens (primary N) is 1. The van der Waals surface area contributed by atoms with E-state index in [0.29, 0.717) is 17.0 Å². The molecule has 3 N–H and O–H groups in total. The van der Waals surface area contributed by atoms with Crippen LogP contribution in [0.3, 0.4) is 0 Å². The predicted octanol–water partition coefficient (Wildman–Crippen LogP) is 2.28. The molecule has 0 radical (unpaired) electrons. The lowest BCUT2D eigenvalue weighted by Crippen LogP contribution is -2.19. The van der Waals surface area contributed by atoms with Crippen LogP contribution in [0.2, 0.25) is 0 Å². The summed E-state index contributed by atoms with van der Waals surface area (Å²) in [6, 6.07) is 5.70. The van der Waals surface area contributed by atoms with Crippen molar-refractivity contribution in [2.45, 2.75) is 19.8 Å². The molecule has 94 valence electrons. The molecular formula is C13H14FN3O. The average Bonchev–Trinajstić information content (AvgIpc) is 2.28. The van der Waals surface area contributed by atoms with Gasteiger partial charge in [0, 0.05) is 5.56 Å². The van der Waals surface area contributed by atoms with Gasteiger partial charge in [-0.2, -0.15) is 0 Å². The zero-order chi connectivity index (χ0) is 13.3. The van der Waals surface area contributed by atoms with Crippen molar-refractivity contribution in [3.8, 4) is 11.4 Å². The first-order valence-electron chi connectivity index (χ1n) is 5.64. The molecule has 1 heterocycles. The van der Waals surface area contributed by atoms with Gasteiger partial charge in [-0.1, -0.05) is 13.8 Å². The fourth-order valence-corrected chi connectivity index (χ4v) is 1.80. The normalized spacial score (nSPS) is 10.9. The van der Waals surface area contributed by atoms with Gasteiger partial charge in [0.05, 0.1) is 5.56 Å². The largest absolute Gasteiger partial charge is 0.383 e. The molecular weight excluding hydrogens is 233 g/mol. The van der Waals surface area contributed by atoms with Crippen LogP contribution >= 0.6 is 0 Å². The van der Waals surface area contributed by atoms with Gasteiger partial charge < -0.3 is 10.7 Å². The number of anilines is 1. The molecule has 0 fully saturated rings. The summed E-state index contributed by atoms with van der Waals surface area (Å²) in [5, 5.41) is 0. The molecule has 0 bridgehead atoms. The first-order chi connectivity index (χ1) is 8.49. The second-order valence-corrected chi connectivity index (χ2v) is 4.38. The number of H-pyrrole nitrogens is 1. The van der Waals surface area contributed by atoms with Gasteiger partial charge in [-0.05, 0) is 30.2 Å². The maximum Gasteiger partial charge on any atom is 0.256 e. The highest BCUT2D eigenvalue weighted by Crippen LogP contribution is 2.19. The van der Waals surface area contributed by atoms with Gasteiger partial charge in [0.1, 0.15) is 17.5 Å². The summed E-state index contributed by atoms with van der Waals surface area (Å²) in [5.74, 6) is 0.228. The van der Waals surface area contributed by atoms with E-state index in [4.69, 9.17) is 5.73 Å².